The van der Waals surface area contributed by atoms with Gasteiger partial charge in [0, 0.05) is 18.7 Å². The van der Waals surface area contributed by atoms with E-state index in [9.17, 15) is 9.90 Å². The summed E-state index contributed by atoms with van der Waals surface area (Å²) in [6.07, 6.45) is 0. The first-order chi connectivity index (χ1) is 10.0. The molecule has 4 heteroatoms. The quantitative estimate of drug-likeness (QED) is 0.919. The van der Waals surface area contributed by atoms with Crippen molar-refractivity contribution in [2.24, 2.45) is 0 Å². The number of carbonyl (C=O) groups excluding carboxylic acids is 1. The van der Waals surface area contributed by atoms with Gasteiger partial charge in [-0.3, -0.25) is 4.79 Å². The molecule has 0 bridgehead atoms. The molecular weight excluding hydrogens is 266 g/mol. The van der Waals surface area contributed by atoms with Crippen LogP contribution in [0.1, 0.15) is 19.4 Å². The molecule has 0 atom stereocenters. The van der Waals surface area contributed by atoms with E-state index in [4.69, 9.17) is 4.74 Å². The minimum Gasteiger partial charge on any atom is -0.483 e. The van der Waals surface area contributed by atoms with E-state index < -0.39 is 0 Å². The third-order valence-corrected chi connectivity index (χ3v) is 3.67. The molecule has 0 aliphatic carbocycles. The molecule has 4 nitrogen and oxygen atoms in total. The molecule has 0 radical (unpaired) electrons. The van der Waals surface area contributed by atoms with Crippen molar-refractivity contribution in [2.45, 2.75) is 26.5 Å². The first kappa shape index (κ1) is 15.3. The second-order valence-electron chi connectivity index (χ2n) is 5.31. The van der Waals surface area contributed by atoms with Crippen LogP contribution in [0.2, 0.25) is 0 Å². The molecule has 0 aromatic heterocycles. The van der Waals surface area contributed by atoms with Crippen molar-refractivity contribution in [2.75, 3.05) is 13.7 Å². The molecule has 0 unspecified atom stereocenters. The number of ether oxygens (including phenoxy) is 1. The Bertz CT molecular complexity index is 637. The average molecular weight is 287 g/mol. The summed E-state index contributed by atoms with van der Waals surface area (Å²) in [6.45, 7) is 3.76. The number of hydrogen-bond acceptors (Lipinski definition) is 3. The van der Waals surface area contributed by atoms with Crippen molar-refractivity contribution in [1.82, 2.24) is 4.90 Å². The summed E-state index contributed by atoms with van der Waals surface area (Å²) in [7, 11) is 1.75. The zero-order valence-corrected chi connectivity index (χ0v) is 12.7. The highest BCUT2D eigenvalue weighted by atomic mass is 16.5. The molecule has 2 aromatic carbocycles. The summed E-state index contributed by atoms with van der Waals surface area (Å²) in [4.78, 5) is 13.6. The van der Waals surface area contributed by atoms with Crippen molar-refractivity contribution in [1.29, 1.82) is 0 Å². The molecule has 0 heterocycles. The van der Waals surface area contributed by atoms with E-state index in [1.54, 1.807) is 18.0 Å². The van der Waals surface area contributed by atoms with E-state index in [2.05, 4.69) is 0 Å². The number of fused-ring (bicyclic) bond motifs is 1. The van der Waals surface area contributed by atoms with E-state index in [1.165, 1.54) is 0 Å². The number of rotatable bonds is 5. The lowest BCUT2D eigenvalue weighted by Crippen LogP contribution is -2.36. The number of nitrogens with zero attached hydrogens (tertiary/aromatic N) is 1. The number of hydrogen-bond donors (Lipinski definition) is 1. The molecule has 2 aromatic rings. The monoisotopic (exact) mass is 287 g/mol. The summed E-state index contributed by atoms with van der Waals surface area (Å²) in [5.74, 6) is 0.476. The molecule has 0 fully saturated rings. The number of aliphatic hydroxyl groups excluding tert-OH is 1. The standard InChI is InChI=1S/C17H21NO3/c1-12(2)18(3)17(20)11-21-16-9-8-13-6-4-5-7-14(13)15(16)10-19/h4-9,12,19H,10-11H2,1-3H3. The van der Waals surface area contributed by atoms with Crippen molar-refractivity contribution in [3.05, 3.63) is 42.0 Å². The van der Waals surface area contributed by atoms with E-state index in [-0.39, 0.29) is 25.2 Å². The SMILES string of the molecule is CC(C)N(C)C(=O)COc1ccc2ccccc2c1CO. The molecule has 21 heavy (non-hydrogen) atoms. The fraction of sp³-hybridized carbons (Fsp3) is 0.353. The van der Waals surface area contributed by atoms with Crippen LogP contribution >= 0.6 is 0 Å². The van der Waals surface area contributed by atoms with Crippen LogP contribution in [0.25, 0.3) is 10.8 Å². The second kappa shape index (κ2) is 6.59. The highest BCUT2D eigenvalue weighted by Gasteiger charge is 2.14. The predicted octanol–water partition coefficient (Wildman–Crippen LogP) is 2.58. The Kier molecular flexibility index (Phi) is 4.81. The Labute approximate surface area is 124 Å². The van der Waals surface area contributed by atoms with Gasteiger partial charge in [-0.2, -0.15) is 0 Å². The van der Waals surface area contributed by atoms with E-state index in [0.29, 0.717) is 11.3 Å². The van der Waals surface area contributed by atoms with E-state index in [1.807, 2.05) is 44.2 Å². The third-order valence-electron chi connectivity index (χ3n) is 3.67. The first-order valence-electron chi connectivity index (χ1n) is 7.04. The van der Waals surface area contributed by atoms with Gasteiger partial charge in [0.2, 0.25) is 0 Å². The molecule has 2 rings (SSSR count). The number of benzene rings is 2. The van der Waals surface area contributed by atoms with Gasteiger partial charge in [-0.1, -0.05) is 30.3 Å². The molecular formula is C17H21NO3. The van der Waals surface area contributed by atoms with Crippen LogP contribution in [-0.4, -0.2) is 35.6 Å². The fourth-order valence-electron chi connectivity index (χ4n) is 2.14. The number of likely N-dealkylation sites (N-methyl/N-ethyl adjacent to an activating group) is 1. The largest absolute Gasteiger partial charge is 0.483 e. The second-order valence-corrected chi connectivity index (χ2v) is 5.31. The van der Waals surface area contributed by atoms with E-state index >= 15 is 0 Å². The first-order valence-corrected chi connectivity index (χ1v) is 7.04. The number of carbonyl (C=O) groups is 1. The van der Waals surface area contributed by atoms with Crippen LogP contribution in [-0.2, 0) is 11.4 Å². The molecule has 0 aliphatic heterocycles. The number of aliphatic hydroxyl groups is 1. The maximum Gasteiger partial charge on any atom is 0.260 e. The summed E-state index contributed by atoms with van der Waals surface area (Å²) in [5.41, 5.74) is 0.716. The molecule has 0 saturated carbocycles. The van der Waals surface area contributed by atoms with Gasteiger partial charge in [0.05, 0.1) is 6.61 Å². The summed E-state index contributed by atoms with van der Waals surface area (Å²) < 4.78 is 5.62. The summed E-state index contributed by atoms with van der Waals surface area (Å²) >= 11 is 0. The van der Waals surface area contributed by atoms with Crippen LogP contribution in [0, 0.1) is 0 Å². The van der Waals surface area contributed by atoms with Gasteiger partial charge >= 0.3 is 0 Å². The number of amides is 1. The molecule has 0 spiro atoms. The van der Waals surface area contributed by atoms with Crippen LogP contribution in [0.15, 0.2) is 36.4 Å². The molecule has 112 valence electrons. The Morgan fingerprint density at radius 2 is 1.95 bits per heavy atom. The topological polar surface area (TPSA) is 49.8 Å². The van der Waals surface area contributed by atoms with Gasteiger partial charge < -0.3 is 14.7 Å². The van der Waals surface area contributed by atoms with Crippen LogP contribution in [0.4, 0.5) is 0 Å². The highest BCUT2D eigenvalue weighted by Crippen LogP contribution is 2.28. The average Bonchev–Trinajstić information content (AvgIpc) is 2.50. The van der Waals surface area contributed by atoms with Gasteiger partial charge in [-0.25, -0.2) is 0 Å². The lowest BCUT2D eigenvalue weighted by atomic mass is 10.0. The zero-order valence-electron chi connectivity index (χ0n) is 12.7. The maximum absolute atomic E-state index is 12.0. The van der Waals surface area contributed by atoms with Crippen molar-refractivity contribution in [3.63, 3.8) is 0 Å². The summed E-state index contributed by atoms with van der Waals surface area (Å²) in [6, 6.07) is 11.7. The Morgan fingerprint density at radius 1 is 1.24 bits per heavy atom. The van der Waals surface area contributed by atoms with Gasteiger partial charge in [0.1, 0.15) is 5.75 Å². The summed E-state index contributed by atoms with van der Waals surface area (Å²) in [5, 5.41) is 11.6. The highest BCUT2D eigenvalue weighted by molar-refractivity contribution is 5.87. The Hall–Kier alpha value is -2.07. The fourth-order valence-corrected chi connectivity index (χ4v) is 2.14. The maximum atomic E-state index is 12.0. The normalized spacial score (nSPS) is 10.9. The van der Waals surface area contributed by atoms with Gasteiger partial charge in [0.25, 0.3) is 5.91 Å². The lowest BCUT2D eigenvalue weighted by molar-refractivity contribution is -0.133. The van der Waals surface area contributed by atoms with Crippen molar-refractivity contribution in [3.8, 4) is 5.75 Å². The van der Waals surface area contributed by atoms with E-state index in [0.717, 1.165) is 10.8 Å². The Balaban J connectivity index is 2.21. The smallest absolute Gasteiger partial charge is 0.260 e. The van der Waals surface area contributed by atoms with Crippen LogP contribution < -0.4 is 4.74 Å². The Morgan fingerprint density at radius 3 is 2.62 bits per heavy atom. The van der Waals surface area contributed by atoms with Crippen molar-refractivity contribution < 1.29 is 14.6 Å². The zero-order chi connectivity index (χ0) is 15.4. The molecule has 0 saturated heterocycles. The van der Waals surface area contributed by atoms with Gasteiger partial charge in [-0.15, -0.1) is 0 Å². The molecule has 1 N–H and O–H groups in total. The molecule has 1 amide bonds. The molecule has 0 aliphatic rings. The van der Waals surface area contributed by atoms with Gasteiger partial charge in [-0.05, 0) is 30.7 Å². The predicted molar refractivity (Wildman–Crippen MR) is 83.3 cm³/mol. The third kappa shape index (κ3) is 3.34. The minimum atomic E-state index is -0.120. The van der Waals surface area contributed by atoms with Crippen molar-refractivity contribution >= 4 is 16.7 Å². The van der Waals surface area contributed by atoms with Crippen LogP contribution in [0.5, 0.6) is 5.75 Å². The van der Waals surface area contributed by atoms with Gasteiger partial charge in [0.15, 0.2) is 6.61 Å². The van der Waals surface area contributed by atoms with Crippen LogP contribution in [0.3, 0.4) is 0 Å². The lowest BCUT2D eigenvalue weighted by Gasteiger charge is -2.22. The minimum absolute atomic E-state index is 0.0278.